The average molecular weight is 1040 g/mol. The molecular formula is C66H101NO8. The van der Waals surface area contributed by atoms with Crippen LogP contribution in [0.15, 0.2) is 170 Å². The Kier molecular flexibility index (Phi) is 51.0. The van der Waals surface area contributed by atoms with E-state index in [2.05, 4.69) is 184 Å². The third-order valence-corrected chi connectivity index (χ3v) is 11.0. The van der Waals surface area contributed by atoms with Gasteiger partial charge in [-0.1, -0.05) is 203 Å². The van der Waals surface area contributed by atoms with Gasteiger partial charge in [-0.15, -0.1) is 0 Å². The molecule has 418 valence electrons. The van der Waals surface area contributed by atoms with Crippen molar-refractivity contribution >= 4 is 17.9 Å². The van der Waals surface area contributed by atoms with Crippen LogP contribution in [0.4, 0.5) is 0 Å². The van der Waals surface area contributed by atoms with Crippen molar-refractivity contribution in [2.45, 2.75) is 180 Å². The number of hydrogen-bond donors (Lipinski definition) is 0. The second kappa shape index (κ2) is 54.9. The van der Waals surface area contributed by atoms with E-state index in [4.69, 9.17) is 18.9 Å². The molecule has 0 aliphatic rings. The highest BCUT2D eigenvalue weighted by atomic mass is 16.7. The number of hydrogen-bond acceptors (Lipinski definition) is 8. The number of carboxylic acids is 1. The van der Waals surface area contributed by atoms with Gasteiger partial charge in [0.1, 0.15) is 13.2 Å². The Balaban J connectivity index is 4.40. The monoisotopic (exact) mass is 1040 g/mol. The second-order valence-electron chi connectivity index (χ2n) is 19.1. The lowest BCUT2D eigenvalue weighted by molar-refractivity contribution is -0.870. The predicted molar refractivity (Wildman–Crippen MR) is 315 cm³/mol. The van der Waals surface area contributed by atoms with Crippen LogP contribution in [0.1, 0.15) is 168 Å². The molecule has 0 fully saturated rings. The summed E-state index contributed by atoms with van der Waals surface area (Å²) in [5, 5.41) is 11.8. The lowest BCUT2D eigenvalue weighted by atomic mass is 10.1. The van der Waals surface area contributed by atoms with Crippen LogP contribution < -0.4 is 5.11 Å². The molecule has 0 aromatic heterocycles. The number of rotatable bonds is 49. The first-order valence-electron chi connectivity index (χ1n) is 28.3. The van der Waals surface area contributed by atoms with Crippen molar-refractivity contribution in [1.82, 2.24) is 0 Å². The molecule has 9 nitrogen and oxygen atoms in total. The van der Waals surface area contributed by atoms with Gasteiger partial charge in [0.25, 0.3) is 0 Å². The summed E-state index contributed by atoms with van der Waals surface area (Å²) in [6, 6.07) is 0. The highest BCUT2D eigenvalue weighted by molar-refractivity contribution is 5.70. The summed E-state index contributed by atoms with van der Waals surface area (Å²) in [4.78, 5) is 37.2. The molecule has 75 heavy (non-hydrogen) atoms. The molecule has 0 saturated carbocycles. The van der Waals surface area contributed by atoms with Crippen LogP contribution in [0.3, 0.4) is 0 Å². The first-order chi connectivity index (χ1) is 36.6. The van der Waals surface area contributed by atoms with Gasteiger partial charge >= 0.3 is 11.9 Å². The summed E-state index contributed by atoms with van der Waals surface area (Å²) in [6.45, 7) is 4.38. The van der Waals surface area contributed by atoms with Gasteiger partial charge in [-0.05, 0) is 122 Å². The van der Waals surface area contributed by atoms with E-state index in [1.165, 1.54) is 0 Å². The normalized spacial score (nSPS) is 14.1. The molecule has 0 aliphatic heterocycles. The molecule has 0 amide bonds. The quantitative estimate of drug-likeness (QED) is 0.0195. The number of aliphatic carboxylic acids is 1. The highest BCUT2D eigenvalue weighted by Gasteiger charge is 2.21. The van der Waals surface area contributed by atoms with Gasteiger partial charge in [-0.2, -0.15) is 0 Å². The second-order valence-corrected chi connectivity index (χ2v) is 19.1. The molecule has 9 heteroatoms. The van der Waals surface area contributed by atoms with E-state index < -0.39 is 30.3 Å². The summed E-state index contributed by atoms with van der Waals surface area (Å²) in [6.07, 6.45) is 79.8. The van der Waals surface area contributed by atoms with E-state index in [9.17, 15) is 19.5 Å². The van der Waals surface area contributed by atoms with Crippen molar-refractivity contribution < 1.29 is 42.9 Å². The molecule has 0 radical (unpaired) electrons. The van der Waals surface area contributed by atoms with E-state index in [1.807, 2.05) is 21.1 Å². The minimum absolute atomic E-state index is 0.124. The maximum Gasteiger partial charge on any atom is 0.306 e. The molecule has 0 saturated heterocycles. The minimum atomic E-state index is -1.65. The number of quaternary nitrogens is 1. The molecule has 0 aromatic carbocycles. The molecular weight excluding hydrogens is 935 g/mol. The Morgan fingerprint density at radius 1 is 0.400 bits per heavy atom. The lowest BCUT2D eigenvalue weighted by Gasteiger charge is -2.26. The Morgan fingerprint density at radius 3 is 1.11 bits per heavy atom. The third kappa shape index (κ3) is 56.2. The zero-order valence-corrected chi connectivity index (χ0v) is 47.3. The van der Waals surface area contributed by atoms with E-state index in [1.54, 1.807) is 0 Å². The van der Waals surface area contributed by atoms with E-state index in [0.717, 1.165) is 128 Å². The van der Waals surface area contributed by atoms with Crippen molar-refractivity contribution in [3.05, 3.63) is 170 Å². The molecule has 2 atom stereocenters. The van der Waals surface area contributed by atoms with Gasteiger partial charge in [0, 0.05) is 12.8 Å². The smallest absolute Gasteiger partial charge is 0.306 e. The van der Waals surface area contributed by atoms with Crippen LogP contribution >= 0.6 is 0 Å². The van der Waals surface area contributed by atoms with E-state index in [0.29, 0.717) is 23.9 Å². The molecule has 0 rings (SSSR count). The average Bonchev–Trinajstić information content (AvgIpc) is 3.38. The fourth-order valence-electron chi connectivity index (χ4n) is 6.68. The number of nitrogens with zero attached hydrogens (tertiary/aromatic N) is 1. The van der Waals surface area contributed by atoms with Gasteiger partial charge < -0.3 is 33.3 Å². The summed E-state index contributed by atoms with van der Waals surface area (Å²) < 4.78 is 22.5. The first kappa shape index (κ1) is 69.7. The first-order valence-corrected chi connectivity index (χ1v) is 28.3. The largest absolute Gasteiger partial charge is 0.545 e. The standard InChI is InChI=1S/C66H101NO8/c1-6-8-10-12-14-16-18-20-22-24-25-26-27-28-29-30-31-32-33-34-35-36-37-38-39-41-43-45-47-49-51-53-55-57-64(69)75-62(61-74-66(65(70)71)72-59-58-67(3,4)5)60-73-63(68)56-54-52-50-48-46-44-42-40-23-21-19-17-15-13-11-9-7-2/h8-11,14-17,20-23,25-26,28-29,31-32,34-35,37-38,41-44,48,50,62,66H,6-7,12-13,18-19,24,27,30,33,36,39-40,45-47,49,51-61H2,1-5H3/b10-8-,11-9-,16-14-,17-15-,22-20-,23-21-,26-25-,29-28-,32-31-,35-34-,38-37-,43-41-,44-42-,50-48-. The Bertz CT molecular complexity index is 1830. The Hall–Kier alpha value is -5.35. The molecule has 2 unspecified atom stereocenters. The number of allylic oxidation sites excluding steroid dienone is 28. The zero-order chi connectivity index (χ0) is 54.8. The topological polar surface area (TPSA) is 111 Å². The maximum absolute atomic E-state index is 12.8. The number of carbonyl (C=O) groups excluding carboxylic acids is 3. The molecule has 0 aliphatic carbocycles. The van der Waals surface area contributed by atoms with Gasteiger partial charge in [0.15, 0.2) is 12.4 Å². The van der Waals surface area contributed by atoms with Crippen LogP contribution in [0, 0.1) is 0 Å². The van der Waals surface area contributed by atoms with Crippen LogP contribution in [0.5, 0.6) is 0 Å². The van der Waals surface area contributed by atoms with Gasteiger partial charge in [0.2, 0.25) is 0 Å². The zero-order valence-electron chi connectivity index (χ0n) is 47.3. The summed E-state index contributed by atoms with van der Waals surface area (Å²) in [7, 11) is 5.88. The lowest BCUT2D eigenvalue weighted by Crippen LogP contribution is -2.44. The van der Waals surface area contributed by atoms with Crippen LogP contribution in [-0.2, 0) is 33.3 Å². The third-order valence-electron chi connectivity index (χ3n) is 11.0. The molecule has 0 N–H and O–H groups in total. The summed E-state index contributed by atoms with van der Waals surface area (Å²) in [5.74, 6) is -2.42. The van der Waals surface area contributed by atoms with Crippen molar-refractivity contribution in [3.8, 4) is 0 Å². The summed E-state index contributed by atoms with van der Waals surface area (Å²) >= 11 is 0. The highest BCUT2D eigenvalue weighted by Crippen LogP contribution is 2.11. The fraction of sp³-hybridized carbons (Fsp3) is 0.530. The molecule has 0 aromatic rings. The molecule has 0 bridgehead atoms. The minimum Gasteiger partial charge on any atom is -0.545 e. The SMILES string of the molecule is CC/C=C\C/C=C\C/C=C\C/C=C\C/C=C\C/C=C\C/C=C\C/C=C\C/C=C\CCCCCCCC(=O)OC(COC(=O)CCC/C=C\C/C=C\C/C=C\C/C=C\C/C=C\CC)COC(OCC[N+](C)(C)C)C(=O)[O-]. The predicted octanol–water partition coefficient (Wildman–Crippen LogP) is 15.4. The number of unbranched alkanes of at least 4 members (excludes halogenated alkanes) is 6. The number of ether oxygens (including phenoxy) is 4. The van der Waals surface area contributed by atoms with Crippen molar-refractivity contribution in [3.63, 3.8) is 0 Å². The number of esters is 2. The fourth-order valence-corrected chi connectivity index (χ4v) is 6.68. The number of carboxylic acid groups (broad SMARTS) is 1. The molecule has 0 spiro atoms. The van der Waals surface area contributed by atoms with Crippen molar-refractivity contribution in [1.29, 1.82) is 0 Å². The van der Waals surface area contributed by atoms with Crippen molar-refractivity contribution in [2.75, 3.05) is 47.5 Å². The van der Waals surface area contributed by atoms with Gasteiger partial charge in [-0.3, -0.25) is 9.59 Å². The van der Waals surface area contributed by atoms with E-state index in [-0.39, 0.29) is 32.7 Å². The summed E-state index contributed by atoms with van der Waals surface area (Å²) in [5.41, 5.74) is 0. The number of likely N-dealkylation sites (N-methyl/N-ethyl adjacent to an activating group) is 1. The van der Waals surface area contributed by atoms with Crippen LogP contribution in [0.25, 0.3) is 0 Å². The maximum atomic E-state index is 12.8. The van der Waals surface area contributed by atoms with E-state index >= 15 is 0 Å². The number of carbonyl (C=O) groups is 3. The van der Waals surface area contributed by atoms with Crippen LogP contribution in [-0.4, -0.2) is 82.3 Å². The van der Waals surface area contributed by atoms with Crippen molar-refractivity contribution in [2.24, 2.45) is 0 Å². The molecule has 0 heterocycles. The Labute approximate surface area is 457 Å². The Morgan fingerprint density at radius 2 is 0.733 bits per heavy atom. The van der Waals surface area contributed by atoms with Crippen LogP contribution in [0.2, 0.25) is 0 Å². The van der Waals surface area contributed by atoms with Gasteiger partial charge in [-0.25, -0.2) is 0 Å². The van der Waals surface area contributed by atoms with Gasteiger partial charge in [0.05, 0.1) is 40.3 Å².